The van der Waals surface area contributed by atoms with Crippen LogP contribution in [0.15, 0.2) is 54.6 Å². The van der Waals surface area contributed by atoms with Crippen molar-refractivity contribution in [2.45, 2.75) is 12.5 Å². The SMILES string of the molecule is C[C@@]1(c2ccccc2)NC(=O)N(CCOc2cccc(Cl)c2)C1=O. The van der Waals surface area contributed by atoms with E-state index in [2.05, 4.69) is 5.32 Å². The number of nitrogens with zero attached hydrogens (tertiary/aromatic N) is 1. The molecule has 24 heavy (non-hydrogen) atoms. The van der Waals surface area contributed by atoms with Crippen LogP contribution in [-0.2, 0) is 10.3 Å². The molecule has 6 heteroatoms. The number of ether oxygens (including phenoxy) is 1. The molecule has 1 aliphatic heterocycles. The highest BCUT2D eigenvalue weighted by Crippen LogP contribution is 2.28. The summed E-state index contributed by atoms with van der Waals surface area (Å²) in [5.41, 5.74) is -0.296. The van der Waals surface area contributed by atoms with Crippen LogP contribution in [-0.4, -0.2) is 30.0 Å². The molecule has 2 aromatic carbocycles. The number of benzene rings is 2. The van der Waals surface area contributed by atoms with Crippen molar-refractivity contribution >= 4 is 23.5 Å². The second-order valence-corrected chi connectivity index (χ2v) is 6.12. The fourth-order valence-corrected chi connectivity index (χ4v) is 2.86. The van der Waals surface area contributed by atoms with Crippen molar-refractivity contribution < 1.29 is 14.3 Å². The van der Waals surface area contributed by atoms with Gasteiger partial charge < -0.3 is 10.1 Å². The molecular weight excluding hydrogens is 328 g/mol. The van der Waals surface area contributed by atoms with Gasteiger partial charge in [0.25, 0.3) is 5.91 Å². The van der Waals surface area contributed by atoms with Gasteiger partial charge in [0, 0.05) is 5.02 Å². The van der Waals surface area contributed by atoms with Crippen molar-refractivity contribution in [2.75, 3.05) is 13.2 Å². The van der Waals surface area contributed by atoms with E-state index in [0.717, 1.165) is 5.56 Å². The molecule has 0 radical (unpaired) electrons. The van der Waals surface area contributed by atoms with Gasteiger partial charge in [0.1, 0.15) is 17.9 Å². The maximum absolute atomic E-state index is 12.7. The molecule has 0 aromatic heterocycles. The number of nitrogens with one attached hydrogen (secondary N) is 1. The lowest BCUT2D eigenvalue weighted by Crippen LogP contribution is -2.41. The first-order chi connectivity index (χ1) is 11.5. The van der Waals surface area contributed by atoms with E-state index in [1.165, 1.54) is 4.90 Å². The van der Waals surface area contributed by atoms with Gasteiger partial charge in [0.15, 0.2) is 0 Å². The Bertz CT molecular complexity index is 766. The average molecular weight is 345 g/mol. The molecule has 0 bridgehead atoms. The fourth-order valence-electron chi connectivity index (χ4n) is 2.68. The van der Waals surface area contributed by atoms with Crippen LogP contribution in [0.5, 0.6) is 5.75 Å². The molecular formula is C18H17ClN2O3. The lowest BCUT2D eigenvalue weighted by molar-refractivity contribution is -0.131. The highest BCUT2D eigenvalue weighted by molar-refractivity contribution is 6.30. The first-order valence-electron chi connectivity index (χ1n) is 7.59. The van der Waals surface area contributed by atoms with E-state index in [-0.39, 0.29) is 19.1 Å². The molecule has 124 valence electrons. The highest BCUT2D eigenvalue weighted by Gasteiger charge is 2.48. The van der Waals surface area contributed by atoms with Crippen LogP contribution in [0, 0.1) is 0 Å². The van der Waals surface area contributed by atoms with Crippen LogP contribution in [0.25, 0.3) is 0 Å². The fraction of sp³-hybridized carbons (Fsp3) is 0.222. The first kappa shape index (κ1) is 16.3. The third kappa shape index (κ3) is 3.08. The molecule has 3 rings (SSSR count). The van der Waals surface area contributed by atoms with Crippen LogP contribution in [0.4, 0.5) is 4.79 Å². The van der Waals surface area contributed by atoms with Crippen molar-refractivity contribution in [1.29, 1.82) is 0 Å². The summed E-state index contributed by atoms with van der Waals surface area (Å²) in [6.07, 6.45) is 0. The van der Waals surface area contributed by atoms with Crippen molar-refractivity contribution in [3.05, 3.63) is 65.2 Å². The van der Waals surface area contributed by atoms with Crippen molar-refractivity contribution in [2.24, 2.45) is 0 Å². The number of carbonyl (C=O) groups is 2. The Labute approximate surface area is 145 Å². The van der Waals surface area contributed by atoms with E-state index in [1.807, 2.05) is 30.3 Å². The van der Waals surface area contributed by atoms with E-state index < -0.39 is 11.6 Å². The second kappa shape index (κ2) is 6.53. The third-order valence-corrected chi connectivity index (χ3v) is 4.24. The van der Waals surface area contributed by atoms with Gasteiger partial charge in [-0.3, -0.25) is 9.69 Å². The third-order valence-electron chi connectivity index (χ3n) is 4.01. The molecule has 5 nitrogen and oxygen atoms in total. The van der Waals surface area contributed by atoms with Crippen LogP contribution < -0.4 is 10.1 Å². The molecule has 1 aliphatic rings. The number of imide groups is 1. The van der Waals surface area contributed by atoms with Gasteiger partial charge in [0.2, 0.25) is 0 Å². The Hall–Kier alpha value is -2.53. The molecule has 1 saturated heterocycles. The average Bonchev–Trinajstić information content (AvgIpc) is 2.80. The van der Waals surface area contributed by atoms with Gasteiger partial charge in [-0.05, 0) is 30.7 Å². The predicted molar refractivity (Wildman–Crippen MR) is 91.0 cm³/mol. The molecule has 1 fully saturated rings. The smallest absolute Gasteiger partial charge is 0.325 e. The summed E-state index contributed by atoms with van der Waals surface area (Å²) >= 11 is 5.89. The van der Waals surface area contributed by atoms with E-state index >= 15 is 0 Å². The number of urea groups is 1. The Morgan fingerprint density at radius 2 is 1.88 bits per heavy atom. The zero-order valence-corrected chi connectivity index (χ0v) is 13.9. The summed E-state index contributed by atoms with van der Waals surface area (Å²) in [6, 6.07) is 15.7. The summed E-state index contributed by atoms with van der Waals surface area (Å²) < 4.78 is 5.56. The Balaban J connectivity index is 1.67. The second-order valence-electron chi connectivity index (χ2n) is 5.68. The summed E-state index contributed by atoms with van der Waals surface area (Å²) in [4.78, 5) is 26.1. The van der Waals surface area contributed by atoms with Crippen LogP contribution in [0.2, 0.25) is 5.02 Å². The van der Waals surface area contributed by atoms with Crippen LogP contribution >= 0.6 is 11.6 Å². The minimum absolute atomic E-state index is 0.166. The molecule has 1 atom stereocenters. The maximum atomic E-state index is 12.7. The summed E-state index contributed by atoms with van der Waals surface area (Å²) in [6.45, 7) is 2.07. The molecule has 2 aromatic rings. The van der Waals surface area contributed by atoms with Gasteiger partial charge in [0.05, 0.1) is 6.54 Å². The topological polar surface area (TPSA) is 58.6 Å². The van der Waals surface area contributed by atoms with E-state index in [0.29, 0.717) is 10.8 Å². The van der Waals surface area contributed by atoms with Gasteiger partial charge >= 0.3 is 6.03 Å². The van der Waals surface area contributed by atoms with Crippen molar-refractivity contribution in [3.63, 3.8) is 0 Å². The lowest BCUT2D eigenvalue weighted by atomic mass is 9.92. The normalized spacial score (nSPS) is 20.2. The minimum Gasteiger partial charge on any atom is -0.492 e. The van der Waals surface area contributed by atoms with Crippen LogP contribution in [0.3, 0.4) is 0 Å². The number of carbonyl (C=O) groups excluding carboxylic acids is 2. The zero-order chi connectivity index (χ0) is 17.2. The number of halogens is 1. The van der Waals surface area contributed by atoms with Crippen LogP contribution in [0.1, 0.15) is 12.5 Å². The number of hydrogen-bond acceptors (Lipinski definition) is 3. The monoisotopic (exact) mass is 344 g/mol. The van der Waals surface area contributed by atoms with E-state index in [9.17, 15) is 9.59 Å². The highest BCUT2D eigenvalue weighted by atomic mass is 35.5. The van der Waals surface area contributed by atoms with Gasteiger partial charge in [-0.2, -0.15) is 0 Å². The standard InChI is InChI=1S/C18H17ClN2O3/c1-18(13-6-3-2-4-7-13)16(22)21(17(23)20-18)10-11-24-15-9-5-8-14(19)12-15/h2-9,12H,10-11H2,1H3,(H,20,23)/t18-/m0/s1. The number of hydrogen-bond donors (Lipinski definition) is 1. The number of amides is 3. The number of rotatable bonds is 5. The Kier molecular flexibility index (Phi) is 4.44. The largest absolute Gasteiger partial charge is 0.492 e. The molecule has 3 amide bonds. The summed E-state index contributed by atoms with van der Waals surface area (Å²) in [7, 11) is 0. The quantitative estimate of drug-likeness (QED) is 0.847. The zero-order valence-electron chi connectivity index (χ0n) is 13.2. The van der Waals surface area contributed by atoms with E-state index in [1.54, 1.807) is 31.2 Å². The molecule has 1 heterocycles. The molecule has 0 aliphatic carbocycles. The van der Waals surface area contributed by atoms with Gasteiger partial charge in [-0.15, -0.1) is 0 Å². The van der Waals surface area contributed by atoms with Gasteiger partial charge in [-0.25, -0.2) is 4.79 Å². The molecule has 0 spiro atoms. The van der Waals surface area contributed by atoms with Crippen molar-refractivity contribution in [3.8, 4) is 5.75 Å². The maximum Gasteiger partial charge on any atom is 0.325 e. The molecule has 1 N–H and O–H groups in total. The molecule has 0 unspecified atom stereocenters. The lowest BCUT2D eigenvalue weighted by Gasteiger charge is -2.22. The van der Waals surface area contributed by atoms with Crippen molar-refractivity contribution in [1.82, 2.24) is 10.2 Å². The Morgan fingerprint density at radius 1 is 1.12 bits per heavy atom. The predicted octanol–water partition coefficient (Wildman–Crippen LogP) is 3.19. The minimum atomic E-state index is -1.05. The van der Waals surface area contributed by atoms with Gasteiger partial charge in [-0.1, -0.05) is 48.0 Å². The summed E-state index contributed by atoms with van der Waals surface area (Å²) in [5, 5.41) is 3.33. The summed E-state index contributed by atoms with van der Waals surface area (Å²) in [5.74, 6) is 0.314. The molecule has 0 saturated carbocycles. The first-order valence-corrected chi connectivity index (χ1v) is 7.96. The Morgan fingerprint density at radius 3 is 2.58 bits per heavy atom. The van der Waals surface area contributed by atoms with E-state index in [4.69, 9.17) is 16.3 Å².